The summed E-state index contributed by atoms with van der Waals surface area (Å²) in [6.45, 7) is 6.76. The number of amides is 1. The molecule has 0 bridgehead atoms. The molecule has 4 rings (SSSR count). The van der Waals surface area contributed by atoms with Crippen molar-refractivity contribution in [3.05, 3.63) is 47.4 Å². The number of ether oxygens (including phenoxy) is 2. The summed E-state index contributed by atoms with van der Waals surface area (Å²) in [6.07, 6.45) is 4.33. The standard InChI is InChI=1S/C24H33N5O3/c1-16-5-4-6-19(13-16)28-23-17(2)22(25-15-26-23)24(30)29-10-7-18(8-11-29)27-20-9-12-32-14-21(20)31-3/h4-6,13,15,18,20-21,27H,7-12,14H2,1-3H3,(H,25,26,28). The predicted octanol–water partition coefficient (Wildman–Crippen LogP) is 2.84. The molecule has 1 aromatic carbocycles. The van der Waals surface area contributed by atoms with Crippen molar-refractivity contribution in [2.75, 3.05) is 38.7 Å². The van der Waals surface area contributed by atoms with Gasteiger partial charge in [-0.1, -0.05) is 12.1 Å². The molecular formula is C24H33N5O3. The van der Waals surface area contributed by atoms with Gasteiger partial charge in [0.05, 0.1) is 12.7 Å². The second-order valence-electron chi connectivity index (χ2n) is 8.67. The van der Waals surface area contributed by atoms with Gasteiger partial charge in [-0.25, -0.2) is 9.97 Å². The van der Waals surface area contributed by atoms with E-state index in [9.17, 15) is 4.79 Å². The minimum atomic E-state index is -0.0310. The van der Waals surface area contributed by atoms with Crippen LogP contribution in [-0.2, 0) is 9.47 Å². The van der Waals surface area contributed by atoms with Gasteiger partial charge in [-0.2, -0.15) is 0 Å². The highest BCUT2D eigenvalue weighted by atomic mass is 16.5. The molecule has 2 atom stereocenters. The van der Waals surface area contributed by atoms with Gasteiger partial charge in [-0.3, -0.25) is 4.79 Å². The molecule has 2 fully saturated rings. The molecule has 32 heavy (non-hydrogen) atoms. The highest BCUT2D eigenvalue weighted by Crippen LogP contribution is 2.23. The largest absolute Gasteiger partial charge is 0.379 e. The molecule has 8 nitrogen and oxygen atoms in total. The molecule has 2 saturated heterocycles. The Morgan fingerprint density at radius 2 is 2.00 bits per heavy atom. The SMILES string of the molecule is COC1COCCC1NC1CCN(C(=O)c2ncnc(Nc3cccc(C)c3)c2C)CC1. The summed E-state index contributed by atoms with van der Waals surface area (Å²) in [5.41, 5.74) is 3.33. The number of nitrogens with zero attached hydrogens (tertiary/aromatic N) is 3. The minimum absolute atomic E-state index is 0.0310. The van der Waals surface area contributed by atoms with Crippen molar-refractivity contribution < 1.29 is 14.3 Å². The monoisotopic (exact) mass is 439 g/mol. The Hall–Kier alpha value is -2.55. The Kier molecular flexibility index (Phi) is 7.34. The van der Waals surface area contributed by atoms with Crippen LogP contribution in [0.25, 0.3) is 0 Å². The fourth-order valence-electron chi connectivity index (χ4n) is 4.49. The summed E-state index contributed by atoms with van der Waals surface area (Å²) in [4.78, 5) is 23.8. The number of benzene rings is 1. The molecule has 2 aliphatic rings. The molecule has 8 heteroatoms. The van der Waals surface area contributed by atoms with E-state index in [1.165, 1.54) is 6.33 Å². The zero-order valence-corrected chi connectivity index (χ0v) is 19.1. The normalized spacial score (nSPS) is 22.0. The number of rotatable bonds is 6. The molecule has 0 spiro atoms. The van der Waals surface area contributed by atoms with Crippen LogP contribution in [0.1, 0.15) is 40.9 Å². The van der Waals surface area contributed by atoms with Crippen molar-refractivity contribution in [3.63, 3.8) is 0 Å². The average Bonchev–Trinajstić information content (AvgIpc) is 2.81. The highest BCUT2D eigenvalue weighted by Gasteiger charge is 2.31. The van der Waals surface area contributed by atoms with E-state index in [1.807, 2.05) is 43.0 Å². The number of carbonyl (C=O) groups is 1. The number of aromatic nitrogens is 2. The molecule has 1 amide bonds. The van der Waals surface area contributed by atoms with Crippen molar-refractivity contribution in [3.8, 4) is 0 Å². The zero-order valence-electron chi connectivity index (χ0n) is 19.1. The van der Waals surface area contributed by atoms with Crippen LogP contribution in [-0.4, -0.2) is 72.4 Å². The molecule has 172 valence electrons. The number of methoxy groups -OCH3 is 1. The molecule has 1 aromatic heterocycles. The van der Waals surface area contributed by atoms with Crippen LogP contribution >= 0.6 is 0 Å². The van der Waals surface area contributed by atoms with E-state index in [4.69, 9.17) is 9.47 Å². The molecular weight excluding hydrogens is 406 g/mol. The van der Waals surface area contributed by atoms with Gasteiger partial charge in [-0.15, -0.1) is 0 Å². The van der Waals surface area contributed by atoms with E-state index < -0.39 is 0 Å². The van der Waals surface area contributed by atoms with Crippen LogP contribution in [0.2, 0.25) is 0 Å². The first-order valence-electron chi connectivity index (χ1n) is 11.4. The minimum Gasteiger partial charge on any atom is -0.379 e. The van der Waals surface area contributed by atoms with Gasteiger partial charge in [0, 0.05) is 50.1 Å². The van der Waals surface area contributed by atoms with Crippen LogP contribution in [0.3, 0.4) is 0 Å². The first-order valence-corrected chi connectivity index (χ1v) is 11.4. The lowest BCUT2D eigenvalue weighted by molar-refractivity contribution is -0.0533. The van der Waals surface area contributed by atoms with Crippen molar-refractivity contribution in [2.45, 2.75) is 51.3 Å². The van der Waals surface area contributed by atoms with Crippen LogP contribution < -0.4 is 10.6 Å². The van der Waals surface area contributed by atoms with Crippen LogP contribution in [0.5, 0.6) is 0 Å². The van der Waals surface area contributed by atoms with E-state index in [2.05, 4.69) is 20.6 Å². The maximum atomic E-state index is 13.2. The van der Waals surface area contributed by atoms with E-state index in [1.54, 1.807) is 7.11 Å². The highest BCUT2D eigenvalue weighted by molar-refractivity contribution is 5.95. The van der Waals surface area contributed by atoms with Crippen LogP contribution in [0.15, 0.2) is 30.6 Å². The number of hydrogen-bond donors (Lipinski definition) is 2. The first kappa shape index (κ1) is 22.6. The summed E-state index contributed by atoms with van der Waals surface area (Å²) >= 11 is 0. The Morgan fingerprint density at radius 1 is 1.19 bits per heavy atom. The van der Waals surface area contributed by atoms with Gasteiger partial charge in [-0.05, 0) is 50.8 Å². The number of hydrogen-bond acceptors (Lipinski definition) is 7. The fraction of sp³-hybridized carbons (Fsp3) is 0.542. The Balaban J connectivity index is 1.37. The molecule has 2 aromatic rings. The smallest absolute Gasteiger partial charge is 0.272 e. The topological polar surface area (TPSA) is 88.6 Å². The third kappa shape index (κ3) is 5.26. The van der Waals surface area contributed by atoms with Gasteiger partial charge in [0.15, 0.2) is 0 Å². The third-order valence-electron chi connectivity index (χ3n) is 6.41. The maximum absolute atomic E-state index is 13.2. The average molecular weight is 440 g/mol. The summed E-state index contributed by atoms with van der Waals surface area (Å²) in [6, 6.07) is 8.76. The molecule has 3 heterocycles. The van der Waals surface area contributed by atoms with E-state index in [0.29, 0.717) is 43.3 Å². The van der Waals surface area contributed by atoms with Gasteiger partial charge in [0.1, 0.15) is 17.8 Å². The summed E-state index contributed by atoms with van der Waals surface area (Å²) in [5.74, 6) is 0.632. The lowest BCUT2D eigenvalue weighted by Gasteiger charge is -2.38. The molecule has 2 N–H and O–H groups in total. The fourth-order valence-corrected chi connectivity index (χ4v) is 4.49. The van der Waals surface area contributed by atoms with Gasteiger partial charge in [0.2, 0.25) is 0 Å². The number of carbonyl (C=O) groups excluding carboxylic acids is 1. The molecule has 0 aliphatic carbocycles. The quantitative estimate of drug-likeness (QED) is 0.715. The Labute approximate surface area is 189 Å². The molecule has 2 unspecified atom stereocenters. The summed E-state index contributed by atoms with van der Waals surface area (Å²) in [5, 5.41) is 7.05. The Morgan fingerprint density at radius 3 is 2.75 bits per heavy atom. The lowest BCUT2D eigenvalue weighted by Crippen LogP contribution is -2.54. The van der Waals surface area contributed by atoms with Crippen molar-refractivity contribution in [1.29, 1.82) is 0 Å². The van der Waals surface area contributed by atoms with Gasteiger partial charge >= 0.3 is 0 Å². The number of aryl methyl sites for hydroxylation is 1. The first-order chi connectivity index (χ1) is 15.5. The molecule has 0 radical (unpaired) electrons. The lowest BCUT2D eigenvalue weighted by atomic mass is 9.99. The Bertz CT molecular complexity index is 930. The van der Waals surface area contributed by atoms with Crippen LogP contribution in [0, 0.1) is 13.8 Å². The molecule has 0 saturated carbocycles. The van der Waals surface area contributed by atoms with E-state index >= 15 is 0 Å². The number of piperidine rings is 1. The summed E-state index contributed by atoms with van der Waals surface area (Å²) < 4.78 is 11.1. The zero-order chi connectivity index (χ0) is 22.5. The predicted molar refractivity (Wildman–Crippen MR) is 123 cm³/mol. The number of nitrogens with one attached hydrogen (secondary N) is 2. The second kappa shape index (κ2) is 10.4. The maximum Gasteiger partial charge on any atom is 0.272 e. The van der Waals surface area contributed by atoms with E-state index in [-0.39, 0.29) is 12.0 Å². The molecule has 2 aliphatic heterocycles. The van der Waals surface area contributed by atoms with Crippen molar-refractivity contribution >= 4 is 17.4 Å². The van der Waals surface area contributed by atoms with Crippen molar-refractivity contribution in [1.82, 2.24) is 20.2 Å². The number of anilines is 2. The van der Waals surface area contributed by atoms with Crippen molar-refractivity contribution in [2.24, 2.45) is 0 Å². The summed E-state index contributed by atoms with van der Waals surface area (Å²) in [7, 11) is 1.74. The third-order valence-corrected chi connectivity index (χ3v) is 6.41. The van der Waals surface area contributed by atoms with Crippen LogP contribution in [0.4, 0.5) is 11.5 Å². The number of likely N-dealkylation sites (tertiary alicyclic amines) is 1. The van der Waals surface area contributed by atoms with Gasteiger partial charge in [0.25, 0.3) is 5.91 Å². The van der Waals surface area contributed by atoms with E-state index in [0.717, 1.165) is 42.7 Å². The van der Waals surface area contributed by atoms with Gasteiger partial charge < -0.3 is 25.0 Å². The second-order valence-corrected chi connectivity index (χ2v) is 8.67.